The Bertz CT molecular complexity index is 1100. The molecule has 2 heterocycles. The minimum absolute atomic E-state index is 0.133. The Kier molecular flexibility index (Phi) is 5.53. The number of hydrogen-bond donors (Lipinski definition) is 1. The zero-order chi connectivity index (χ0) is 20.2. The molecule has 0 atom stereocenters. The second-order valence-electron chi connectivity index (χ2n) is 6.99. The van der Waals surface area contributed by atoms with E-state index in [4.69, 9.17) is 4.42 Å². The van der Waals surface area contributed by atoms with Gasteiger partial charge in [-0.3, -0.25) is 4.79 Å². The summed E-state index contributed by atoms with van der Waals surface area (Å²) in [5.41, 5.74) is 3.45. The molecule has 29 heavy (non-hydrogen) atoms. The second kappa shape index (κ2) is 8.41. The molecule has 0 spiro atoms. The maximum Gasteiger partial charge on any atom is 0.232 e. The van der Waals surface area contributed by atoms with Crippen LogP contribution in [0.2, 0.25) is 0 Å². The van der Waals surface area contributed by atoms with E-state index >= 15 is 0 Å². The number of carbonyl (C=O) groups excluding carboxylic acids is 1. The third-order valence-corrected chi connectivity index (χ3v) is 5.66. The predicted molar refractivity (Wildman–Crippen MR) is 116 cm³/mol. The molecule has 0 aliphatic rings. The number of benzene rings is 2. The molecular weight excluding hydrogens is 382 g/mol. The predicted octanol–water partition coefficient (Wildman–Crippen LogP) is 5.77. The van der Waals surface area contributed by atoms with E-state index in [1.165, 1.54) is 17.6 Å². The number of thiazole rings is 1. The van der Waals surface area contributed by atoms with Crippen LogP contribution in [0.4, 0.5) is 5.13 Å². The number of nitrogens with zero attached hydrogens (tertiary/aromatic N) is 2. The van der Waals surface area contributed by atoms with Crippen LogP contribution < -0.4 is 5.32 Å². The third kappa shape index (κ3) is 4.43. The first-order chi connectivity index (χ1) is 14.1. The molecule has 1 amide bonds. The van der Waals surface area contributed by atoms with Gasteiger partial charge in [0, 0.05) is 16.0 Å². The maximum atomic E-state index is 12.5. The lowest BCUT2D eigenvalue weighted by atomic mass is 10.1. The smallest absolute Gasteiger partial charge is 0.232 e. The lowest BCUT2D eigenvalue weighted by Gasteiger charge is -2.04. The number of amides is 1. The molecule has 6 heteroatoms. The van der Waals surface area contributed by atoms with Gasteiger partial charge in [-0.25, -0.2) is 9.97 Å². The van der Waals surface area contributed by atoms with E-state index in [2.05, 4.69) is 29.1 Å². The number of oxazole rings is 1. The summed E-state index contributed by atoms with van der Waals surface area (Å²) in [5.74, 6) is 0.662. The van der Waals surface area contributed by atoms with Gasteiger partial charge < -0.3 is 9.73 Å². The fourth-order valence-corrected chi connectivity index (χ4v) is 4.01. The molecule has 0 radical (unpaired) electrons. The van der Waals surface area contributed by atoms with Crippen molar-refractivity contribution in [3.05, 3.63) is 77.5 Å². The first kappa shape index (κ1) is 19.1. The molecule has 4 aromatic rings. The summed E-state index contributed by atoms with van der Waals surface area (Å²) in [7, 11) is 0. The van der Waals surface area contributed by atoms with Crippen molar-refractivity contribution < 1.29 is 9.21 Å². The molecule has 0 aliphatic heterocycles. The summed E-state index contributed by atoms with van der Waals surface area (Å²) in [4.78, 5) is 22.8. The van der Waals surface area contributed by atoms with E-state index in [-0.39, 0.29) is 12.3 Å². The summed E-state index contributed by atoms with van der Waals surface area (Å²) in [5, 5.41) is 3.51. The number of carbonyl (C=O) groups is 1. The highest BCUT2D eigenvalue weighted by molar-refractivity contribution is 7.16. The summed E-state index contributed by atoms with van der Waals surface area (Å²) in [6.45, 7) is 4.26. The van der Waals surface area contributed by atoms with Gasteiger partial charge in [-0.1, -0.05) is 62.4 Å². The Balaban J connectivity index is 1.48. The molecule has 5 nitrogen and oxygen atoms in total. The van der Waals surface area contributed by atoms with Gasteiger partial charge in [-0.2, -0.15) is 0 Å². The standard InChI is InChI=1S/C23H21N3O2S/c1-15(2)21-20(16-9-5-3-6-10-16)26-23(29-21)25-19(27)13-18-14-28-22(24-18)17-11-7-4-8-12-17/h3-12,14-15H,13H2,1-2H3,(H,25,26,27). The van der Waals surface area contributed by atoms with Crippen LogP contribution in [0.3, 0.4) is 0 Å². The number of nitrogens with one attached hydrogen (secondary N) is 1. The fraction of sp³-hybridized carbons (Fsp3) is 0.174. The zero-order valence-corrected chi connectivity index (χ0v) is 17.1. The Morgan fingerprint density at radius 2 is 1.66 bits per heavy atom. The summed E-state index contributed by atoms with van der Waals surface area (Å²) in [6, 6.07) is 19.7. The van der Waals surface area contributed by atoms with Gasteiger partial charge in [-0.05, 0) is 18.1 Å². The first-order valence-corrected chi connectivity index (χ1v) is 10.3. The van der Waals surface area contributed by atoms with Crippen molar-refractivity contribution in [2.45, 2.75) is 26.2 Å². The Hall–Kier alpha value is -3.25. The highest BCUT2D eigenvalue weighted by Gasteiger charge is 2.18. The van der Waals surface area contributed by atoms with E-state index in [0.717, 1.165) is 21.7 Å². The number of hydrogen-bond acceptors (Lipinski definition) is 5. The first-order valence-electron chi connectivity index (χ1n) is 9.46. The normalized spacial score (nSPS) is 11.0. The molecule has 0 fully saturated rings. The molecule has 146 valence electrons. The molecule has 2 aromatic heterocycles. The van der Waals surface area contributed by atoms with Crippen LogP contribution in [0.25, 0.3) is 22.7 Å². The summed E-state index contributed by atoms with van der Waals surface area (Å²) >= 11 is 1.52. The molecule has 0 bridgehead atoms. The number of anilines is 1. The van der Waals surface area contributed by atoms with Gasteiger partial charge >= 0.3 is 0 Å². The van der Waals surface area contributed by atoms with Gasteiger partial charge in [0.2, 0.25) is 11.8 Å². The van der Waals surface area contributed by atoms with Crippen molar-refractivity contribution in [2.75, 3.05) is 5.32 Å². The largest absolute Gasteiger partial charge is 0.444 e. The number of rotatable bonds is 6. The fourth-order valence-electron chi connectivity index (χ4n) is 3.01. The van der Waals surface area contributed by atoms with Crippen LogP contribution in [0.15, 0.2) is 71.3 Å². The summed E-state index contributed by atoms with van der Waals surface area (Å²) in [6.07, 6.45) is 1.66. The van der Waals surface area contributed by atoms with E-state index in [9.17, 15) is 4.79 Å². The topological polar surface area (TPSA) is 68.0 Å². The van der Waals surface area contributed by atoms with Crippen molar-refractivity contribution in [3.63, 3.8) is 0 Å². The van der Waals surface area contributed by atoms with Crippen LogP contribution in [-0.2, 0) is 11.2 Å². The Labute approximate surface area is 173 Å². The van der Waals surface area contributed by atoms with Crippen LogP contribution in [0.5, 0.6) is 0 Å². The monoisotopic (exact) mass is 403 g/mol. The molecule has 0 saturated heterocycles. The maximum absolute atomic E-state index is 12.5. The lowest BCUT2D eigenvalue weighted by molar-refractivity contribution is -0.115. The average Bonchev–Trinajstić information content (AvgIpc) is 3.37. The minimum Gasteiger partial charge on any atom is -0.444 e. The lowest BCUT2D eigenvalue weighted by Crippen LogP contribution is -2.14. The zero-order valence-electron chi connectivity index (χ0n) is 16.3. The third-order valence-electron chi connectivity index (χ3n) is 4.39. The molecule has 0 saturated carbocycles. The molecule has 0 aliphatic carbocycles. The van der Waals surface area contributed by atoms with Crippen molar-refractivity contribution >= 4 is 22.4 Å². The molecule has 0 unspecified atom stereocenters. The molecule has 1 N–H and O–H groups in total. The second-order valence-corrected chi connectivity index (χ2v) is 8.02. The SMILES string of the molecule is CC(C)c1sc(NC(=O)Cc2coc(-c3ccccc3)n2)nc1-c1ccccc1. The van der Waals surface area contributed by atoms with Crippen molar-refractivity contribution in [1.29, 1.82) is 0 Å². The molecule has 4 rings (SSSR count). The van der Waals surface area contributed by atoms with Crippen LogP contribution >= 0.6 is 11.3 Å². The van der Waals surface area contributed by atoms with E-state index in [1.807, 2.05) is 60.7 Å². The number of aromatic nitrogens is 2. The van der Waals surface area contributed by atoms with Crippen LogP contribution in [-0.4, -0.2) is 15.9 Å². The van der Waals surface area contributed by atoms with Gasteiger partial charge in [0.1, 0.15) is 6.26 Å². The van der Waals surface area contributed by atoms with Crippen LogP contribution in [0.1, 0.15) is 30.3 Å². The average molecular weight is 404 g/mol. The Morgan fingerprint density at radius 3 is 2.31 bits per heavy atom. The van der Waals surface area contributed by atoms with Crippen molar-refractivity contribution in [3.8, 4) is 22.7 Å². The van der Waals surface area contributed by atoms with Gasteiger partial charge in [0.25, 0.3) is 0 Å². The van der Waals surface area contributed by atoms with Gasteiger partial charge in [0.15, 0.2) is 5.13 Å². The quantitative estimate of drug-likeness (QED) is 0.444. The van der Waals surface area contributed by atoms with Crippen molar-refractivity contribution in [1.82, 2.24) is 9.97 Å². The molecule has 2 aromatic carbocycles. The Morgan fingerprint density at radius 1 is 1.00 bits per heavy atom. The molecular formula is C23H21N3O2S. The highest BCUT2D eigenvalue weighted by atomic mass is 32.1. The van der Waals surface area contributed by atoms with Gasteiger partial charge in [-0.15, -0.1) is 11.3 Å². The highest BCUT2D eigenvalue weighted by Crippen LogP contribution is 2.36. The summed E-state index contributed by atoms with van der Waals surface area (Å²) < 4.78 is 5.51. The van der Waals surface area contributed by atoms with E-state index in [1.54, 1.807) is 0 Å². The minimum atomic E-state index is -0.165. The van der Waals surface area contributed by atoms with E-state index < -0.39 is 0 Å². The van der Waals surface area contributed by atoms with Crippen molar-refractivity contribution in [2.24, 2.45) is 0 Å². The van der Waals surface area contributed by atoms with E-state index in [0.29, 0.717) is 22.6 Å². The van der Waals surface area contributed by atoms with Gasteiger partial charge in [0.05, 0.1) is 17.8 Å². The van der Waals surface area contributed by atoms with Crippen LogP contribution in [0, 0.1) is 0 Å².